The van der Waals surface area contributed by atoms with E-state index in [1.807, 2.05) is 0 Å². The van der Waals surface area contributed by atoms with E-state index in [0.29, 0.717) is 18.1 Å². The number of pyridine rings is 1. The van der Waals surface area contributed by atoms with Gasteiger partial charge in [-0.25, -0.2) is 18.2 Å². The molecule has 34 heavy (non-hydrogen) atoms. The van der Waals surface area contributed by atoms with Gasteiger partial charge in [0.2, 0.25) is 0 Å². The van der Waals surface area contributed by atoms with Crippen molar-refractivity contribution in [3.05, 3.63) is 95.1 Å². The number of hydrogen-bond acceptors (Lipinski definition) is 5. The van der Waals surface area contributed by atoms with Crippen LogP contribution in [0.1, 0.15) is 29.8 Å². The second-order valence-electron chi connectivity index (χ2n) is 7.11. The number of carbonyl (C=O) groups is 1. The number of unbranched alkanes of at least 4 members (excludes halogenated alkanes) is 1. The molecule has 0 fully saturated rings. The summed E-state index contributed by atoms with van der Waals surface area (Å²) in [5.74, 6) is -2.39. The maximum Gasteiger partial charge on any atom is 1.00 e. The third-order valence-electron chi connectivity index (χ3n) is 4.63. The Morgan fingerprint density at radius 2 is 1.71 bits per heavy atom. The summed E-state index contributed by atoms with van der Waals surface area (Å²) >= 11 is 0.959. The van der Waals surface area contributed by atoms with Crippen molar-refractivity contribution >= 4 is 23.8 Å². The molecule has 0 bridgehead atoms. The van der Waals surface area contributed by atoms with E-state index in [1.54, 1.807) is 24.3 Å². The Bertz CT molecular complexity index is 1110. The Balaban J connectivity index is 0.00000408. The van der Waals surface area contributed by atoms with E-state index in [0.717, 1.165) is 42.7 Å². The van der Waals surface area contributed by atoms with E-state index >= 15 is 0 Å². The van der Waals surface area contributed by atoms with Crippen LogP contribution in [0.5, 0.6) is 5.75 Å². The number of aryl methyl sites for hydroxylation is 1. The minimum absolute atomic E-state index is 0. The van der Waals surface area contributed by atoms with E-state index < -0.39 is 17.6 Å². The number of aromatic nitrogens is 1. The summed E-state index contributed by atoms with van der Waals surface area (Å²) in [5, 5.41) is 10.8. The molecule has 2 aromatic carbocycles. The Labute approximate surface area is 222 Å². The molecule has 3 rings (SSSR count). The topological polar surface area (TPSA) is 62.2 Å². The maximum absolute atomic E-state index is 13.8. The molecule has 0 N–H and O–H groups in total. The molecule has 172 valence electrons. The molecule has 0 radical (unpaired) electrons. The summed E-state index contributed by atoms with van der Waals surface area (Å²) in [6, 6.07) is 13.3. The van der Waals surface area contributed by atoms with Crippen LogP contribution in [0.2, 0.25) is 0 Å². The van der Waals surface area contributed by atoms with Crippen LogP contribution in [0, 0.1) is 17.5 Å². The fourth-order valence-corrected chi connectivity index (χ4v) is 3.87. The standard InChI is InChI=1S/C25H22F3NO3S.Na/c26-18-9-7-17(8-10-18)4-1-2-15-32-23-13-11-19(29-22(23)12-14-24(30)31)16-33-25-20(27)5-3-6-21(25)28;/h3,5-14H,1-2,4,15-16H2,(H,30,31);/q;+1/p-1/b14-12+;. The molecule has 3 aromatic rings. The molecule has 1 aromatic heterocycles. The van der Waals surface area contributed by atoms with Crippen molar-refractivity contribution in [1.82, 2.24) is 4.98 Å². The predicted molar refractivity (Wildman–Crippen MR) is 119 cm³/mol. The van der Waals surface area contributed by atoms with Gasteiger partial charge in [-0.1, -0.05) is 18.2 Å². The van der Waals surface area contributed by atoms with Crippen molar-refractivity contribution in [3.63, 3.8) is 0 Å². The zero-order valence-electron chi connectivity index (χ0n) is 18.6. The molecule has 0 saturated heterocycles. The molecular formula is C25H21F3NNaO3S. The Morgan fingerprint density at radius 3 is 2.38 bits per heavy atom. The van der Waals surface area contributed by atoms with Gasteiger partial charge in [-0.15, -0.1) is 11.8 Å². The summed E-state index contributed by atoms with van der Waals surface area (Å²) in [6.07, 6.45) is 4.44. The van der Waals surface area contributed by atoms with Crippen LogP contribution in [0.4, 0.5) is 13.2 Å². The number of ether oxygens (including phenoxy) is 1. The number of carboxylic acid groups (broad SMARTS) is 1. The number of carboxylic acids is 1. The second-order valence-corrected chi connectivity index (χ2v) is 8.10. The average Bonchev–Trinajstić information content (AvgIpc) is 2.79. The quantitative estimate of drug-likeness (QED) is 0.176. The van der Waals surface area contributed by atoms with Crippen LogP contribution >= 0.6 is 11.8 Å². The van der Waals surface area contributed by atoms with Gasteiger partial charge in [-0.05, 0) is 73.4 Å². The molecule has 0 amide bonds. The zero-order chi connectivity index (χ0) is 23.6. The molecule has 1 heterocycles. The van der Waals surface area contributed by atoms with E-state index in [1.165, 1.54) is 36.4 Å². The number of benzene rings is 2. The van der Waals surface area contributed by atoms with Crippen LogP contribution in [0.25, 0.3) is 6.08 Å². The minimum atomic E-state index is -1.38. The van der Waals surface area contributed by atoms with Crippen molar-refractivity contribution in [2.75, 3.05) is 6.61 Å². The van der Waals surface area contributed by atoms with Crippen LogP contribution in [-0.4, -0.2) is 17.6 Å². The normalized spacial score (nSPS) is 10.8. The molecule has 0 aliphatic carbocycles. The molecule has 0 aliphatic rings. The fraction of sp³-hybridized carbons (Fsp3) is 0.200. The molecule has 0 aliphatic heterocycles. The Kier molecular flexibility index (Phi) is 11.7. The van der Waals surface area contributed by atoms with Gasteiger partial charge in [0.05, 0.1) is 23.2 Å². The summed E-state index contributed by atoms with van der Waals surface area (Å²) in [6.45, 7) is 0.379. The van der Waals surface area contributed by atoms with Crippen LogP contribution in [0.3, 0.4) is 0 Å². The molecule has 0 atom stereocenters. The summed E-state index contributed by atoms with van der Waals surface area (Å²) in [4.78, 5) is 15.1. The summed E-state index contributed by atoms with van der Waals surface area (Å²) in [7, 11) is 0. The SMILES string of the molecule is O=C([O-])/C=C/c1nc(CSc2c(F)cccc2F)ccc1OCCCCc1ccc(F)cc1.[Na+]. The van der Waals surface area contributed by atoms with Crippen molar-refractivity contribution < 1.29 is 57.4 Å². The molecule has 0 unspecified atom stereocenters. The van der Waals surface area contributed by atoms with Crippen molar-refractivity contribution in [1.29, 1.82) is 0 Å². The molecule has 9 heteroatoms. The van der Waals surface area contributed by atoms with Gasteiger partial charge < -0.3 is 14.6 Å². The first kappa shape index (κ1) is 28.0. The largest absolute Gasteiger partial charge is 1.00 e. The molecule has 4 nitrogen and oxygen atoms in total. The predicted octanol–water partition coefficient (Wildman–Crippen LogP) is 1.96. The van der Waals surface area contributed by atoms with Crippen LogP contribution in [-0.2, 0) is 17.0 Å². The number of nitrogens with zero attached hydrogens (tertiary/aromatic N) is 1. The van der Waals surface area contributed by atoms with Gasteiger partial charge in [0.1, 0.15) is 28.9 Å². The van der Waals surface area contributed by atoms with E-state index in [-0.39, 0.29) is 51.7 Å². The number of carbonyl (C=O) groups excluding carboxylic acids is 1. The average molecular weight is 495 g/mol. The van der Waals surface area contributed by atoms with Gasteiger partial charge in [-0.3, -0.25) is 0 Å². The number of rotatable bonds is 11. The van der Waals surface area contributed by atoms with E-state index in [2.05, 4.69) is 4.98 Å². The third-order valence-corrected chi connectivity index (χ3v) is 5.75. The smallest absolute Gasteiger partial charge is 0.545 e. The Hall–Kier alpha value is -2.26. The molecule has 0 spiro atoms. The fourth-order valence-electron chi connectivity index (χ4n) is 3.00. The minimum Gasteiger partial charge on any atom is -0.545 e. The van der Waals surface area contributed by atoms with Crippen LogP contribution < -0.4 is 39.4 Å². The first-order chi connectivity index (χ1) is 15.9. The summed E-state index contributed by atoms with van der Waals surface area (Å²) < 4.78 is 46.4. The summed E-state index contributed by atoms with van der Waals surface area (Å²) in [5.41, 5.74) is 1.82. The number of halogens is 3. The van der Waals surface area contributed by atoms with E-state index in [4.69, 9.17) is 4.74 Å². The van der Waals surface area contributed by atoms with Gasteiger partial charge in [0, 0.05) is 5.75 Å². The third kappa shape index (κ3) is 8.83. The molecule has 0 saturated carbocycles. The monoisotopic (exact) mass is 495 g/mol. The first-order valence-corrected chi connectivity index (χ1v) is 11.2. The van der Waals surface area contributed by atoms with Gasteiger partial charge in [-0.2, -0.15) is 0 Å². The van der Waals surface area contributed by atoms with E-state index in [9.17, 15) is 23.1 Å². The van der Waals surface area contributed by atoms with Crippen molar-refractivity contribution in [2.45, 2.75) is 29.9 Å². The number of hydrogen-bond donors (Lipinski definition) is 0. The van der Waals surface area contributed by atoms with Gasteiger partial charge in [0.15, 0.2) is 0 Å². The number of thioether (sulfide) groups is 1. The van der Waals surface area contributed by atoms with Crippen molar-refractivity contribution in [2.24, 2.45) is 0 Å². The first-order valence-electron chi connectivity index (χ1n) is 10.3. The van der Waals surface area contributed by atoms with Crippen molar-refractivity contribution in [3.8, 4) is 5.75 Å². The molecular weight excluding hydrogens is 474 g/mol. The Morgan fingerprint density at radius 1 is 1.00 bits per heavy atom. The second kappa shape index (κ2) is 14.2. The van der Waals surface area contributed by atoms with Crippen LogP contribution in [0.15, 0.2) is 65.6 Å². The maximum atomic E-state index is 13.8. The van der Waals surface area contributed by atoms with Gasteiger partial charge >= 0.3 is 29.6 Å². The number of aliphatic carboxylic acids is 1. The zero-order valence-corrected chi connectivity index (χ0v) is 21.4. The van der Waals surface area contributed by atoms with Gasteiger partial charge in [0.25, 0.3) is 0 Å².